The molecule has 0 aliphatic carbocycles. The van der Waals surface area contributed by atoms with Crippen LogP contribution in [-0.2, 0) is 21.4 Å². The molecule has 1 fully saturated rings. The second-order valence-electron chi connectivity index (χ2n) is 7.29. The number of allylic oxidation sites excluding steroid dienone is 3. The van der Waals surface area contributed by atoms with Gasteiger partial charge >= 0.3 is 6.09 Å². The molecule has 0 spiro atoms. The number of halogens is 1. The van der Waals surface area contributed by atoms with Gasteiger partial charge in [0, 0.05) is 31.1 Å². The maximum absolute atomic E-state index is 12.5. The van der Waals surface area contributed by atoms with Gasteiger partial charge in [0.2, 0.25) is 10.0 Å². The van der Waals surface area contributed by atoms with Crippen LogP contribution in [0.25, 0.3) is 0 Å². The van der Waals surface area contributed by atoms with Crippen LogP contribution in [0.5, 0.6) is 0 Å². The minimum absolute atomic E-state index is 0.0494. The minimum Gasteiger partial charge on any atom is -0.444 e. The normalized spacial score (nSPS) is 17.4. The molecule has 1 aromatic carbocycles. The molecular weight excluding hydrogens is 436 g/mol. The summed E-state index contributed by atoms with van der Waals surface area (Å²) in [6, 6.07) is 5.92. The van der Waals surface area contributed by atoms with Gasteiger partial charge in [0.05, 0.1) is 10.6 Å². The number of hydrogen-bond donors (Lipinski definition) is 0. The number of hydrogen-bond acceptors (Lipinski definition) is 4. The highest BCUT2D eigenvalue weighted by molar-refractivity contribution is 7.93. The van der Waals surface area contributed by atoms with E-state index in [4.69, 9.17) is 4.74 Å². The zero-order chi connectivity index (χ0) is 23.6. The van der Waals surface area contributed by atoms with E-state index in [1.807, 2.05) is 31.2 Å². The van der Waals surface area contributed by atoms with Gasteiger partial charge in [-0.3, -0.25) is 4.90 Å². The van der Waals surface area contributed by atoms with Gasteiger partial charge in [-0.05, 0) is 46.1 Å². The molecule has 1 amide bonds. The second-order valence-corrected chi connectivity index (χ2v) is 9.40. The van der Waals surface area contributed by atoms with Crippen LogP contribution < -0.4 is 4.90 Å². The van der Waals surface area contributed by atoms with Crippen LogP contribution in [0.15, 0.2) is 41.8 Å². The Morgan fingerprint density at radius 2 is 1.87 bits per heavy atom. The molecule has 0 N–H and O–H groups in total. The highest BCUT2D eigenvalue weighted by Crippen LogP contribution is 2.33. The molecule has 1 aromatic rings. The van der Waals surface area contributed by atoms with E-state index in [9.17, 15) is 13.2 Å². The van der Waals surface area contributed by atoms with Crippen LogP contribution in [0.1, 0.15) is 51.2 Å². The van der Waals surface area contributed by atoms with Crippen molar-refractivity contribution in [1.29, 1.82) is 0 Å². The number of piperidine rings is 1. The van der Waals surface area contributed by atoms with Crippen molar-refractivity contribution in [2.24, 2.45) is 0 Å². The van der Waals surface area contributed by atoms with E-state index in [1.54, 1.807) is 24.8 Å². The summed E-state index contributed by atoms with van der Waals surface area (Å²) in [5, 5.41) is 0. The summed E-state index contributed by atoms with van der Waals surface area (Å²) in [5.41, 5.74) is 3.01. The Kier molecular flexibility index (Phi) is 11.3. The first-order valence-electron chi connectivity index (χ1n) is 10.4. The van der Waals surface area contributed by atoms with Gasteiger partial charge in [0.1, 0.15) is 6.61 Å². The van der Waals surface area contributed by atoms with Crippen LogP contribution in [0.2, 0.25) is 0 Å². The van der Waals surface area contributed by atoms with Crippen molar-refractivity contribution in [3.63, 3.8) is 0 Å². The van der Waals surface area contributed by atoms with Gasteiger partial charge in [-0.25, -0.2) is 13.2 Å². The predicted molar refractivity (Wildman–Crippen MR) is 129 cm³/mol. The topological polar surface area (TPSA) is 66.9 Å². The van der Waals surface area contributed by atoms with Crippen molar-refractivity contribution in [3.8, 4) is 0 Å². The number of carbonyl (C=O) groups is 1. The van der Waals surface area contributed by atoms with Crippen LogP contribution in [0, 0.1) is 6.92 Å². The molecule has 0 unspecified atom stereocenters. The third-order valence-electron chi connectivity index (χ3n) is 5.27. The monoisotopic (exact) mass is 470 g/mol. The molecule has 1 saturated heterocycles. The van der Waals surface area contributed by atoms with E-state index in [0.29, 0.717) is 37.4 Å². The zero-order valence-corrected chi connectivity index (χ0v) is 20.8. The average molecular weight is 471 g/mol. The Labute approximate surface area is 192 Å². The molecule has 0 bridgehead atoms. The van der Waals surface area contributed by atoms with Crippen LogP contribution in [0.4, 0.5) is 10.5 Å². The third-order valence-corrected chi connectivity index (χ3v) is 7.37. The standard InChI is InChI=1S/C18H24N2O4S.C4H8.CH3Cl/c1-4-14(3)25(22,23)19-9-7-16(8-10-19)20-17-6-5-13(2)11-15(17)12-24-18(20)21;1-3-4-2;1-2/h4-6,11,16H,7-10,12H2,1-3H3;3H,1,4H2,2H3;1H3/b14-4-;;. The first-order chi connectivity index (χ1) is 14.8. The lowest BCUT2D eigenvalue weighted by Crippen LogP contribution is -2.50. The van der Waals surface area contributed by atoms with E-state index in [0.717, 1.165) is 23.2 Å². The van der Waals surface area contributed by atoms with Gasteiger partial charge in [-0.1, -0.05) is 36.8 Å². The fraction of sp³-hybridized carbons (Fsp3) is 0.522. The molecule has 2 aliphatic rings. The van der Waals surface area contributed by atoms with Crippen molar-refractivity contribution < 1.29 is 17.9 Å². The number of amides is 1. The summed E-state index contributed by atoms with van der Waals surface area (Å²) in [7, 11) is -3.39. The number of ether oxygens (including phenoxy) is 1. The van der Waals surface area contributed by atoms with Crippen molar-refractivity contribution in [3.05, 3.63) is 53.0 Å². The lowest BCUT2D eigenvalue weighted by molar-refractivity contribution is 0.136. The van der Waals surface area contributed by atoms with E-state index >= 15 is 0 Å². The number of alkyl halides is 1. The highest BCUT2D eigenvalue weighted by Gasteiger charge is 2.36. The second kappa shape index (κ2) is 12.9. The molecular formula is C23H35ClN2O4S. The smallest absolute Gasteiger partial charge is 0.414 e. The Balaban J connectivity index is 0.000000720. The van der Waals surface area contributed by atoms with Gasteiger partial charge < -0.3 is 4.74 Å². The van der Waals surface area contributed by atoms with Crippen molar-refractivity contribution >= 4 is 33.4 Å². The summed E-state index contributed by atoms with van der Waals surface area (Å²) in [6.45, 7) is 12.0. The SMILES string of the molecule is C/C=C(/C)S(=O)(=O)N1CCC(N2C(=O)OCc3cc(C)ccc32)CC1.C=CCC.CCl. The number of fused-ring (bicyclic) bond motifs is 1. The molecule has 174 valence electrons. The minimum atomic E-state index is -3.39. The lowest BCUT2D eigenvalue weighted by atomic mass is 10.0. The molecule has 2 heterocycles. The summed E-state index contributed by atoms with van der Waals surface area (Å²) in [4.78, 5) is 14.4. The maximum atomic E-state index is 12.5. The summed E-state index contributed by atoms with van der Waals surface area (Å²) >= 11 is 4.64. The van der Waals surface area contributed by atoms with Crippen LogP contribution >= 0.6 is 11.6 Å². The number of carbonyl (C=O) groups excluding carboxylic acids is 1. The van der Waals surface area contributed by atoms with E-state index < -0.39 is 10.0 Å². The molecule has 3 rings (SSSR count). The number of rotatable bonds is 4. The zero-order valence-electron chi connectivity index (χ0n) is 19.2. The van der Waals surface area contributed by atoms with Gasteiger partial charge in [0.25, 0.3) is 0 Å². The van der Waals surface area contributed by atoms with Gasteiger partial charge in [-0.2, -0.15) is 4.31 Å². The number of anilines is 1. The van der Waals surface area contributed by atoms with Gasteiger partial charge in [0.15, 0.2) is 0 Å². The lowest BCUT2D eigenvalue weighted by Gasteiger charge is -2.39. The van der Waals surface area contributed by atoms with Crippen molar-refractivity contribution in [2.45, 2.75) is 59.6 Å². The number of aryl methyl sites for hydroxylation is 1. The largest absolute Gasteiger partial charge is 0.444 e. The molecule has 8 heteroatoms. The van der Waals surface area contributed by atoms with Crippen LogP contribution in [-0.4, -0.2) is 44.3 Å². The Morgan fingerprint density at radius 3 is 2.39 bits per heavy atom. The number of sulfonamides is 1. The fourth-order valence-corrected chi connectivity index (χ4v) is 4.81. The highest BCUT2D eigenvalue weighted by atomic mass is 35.5. The summed E-state index contributed by atoms with van der Waals surface area (Å²) < 4.78 is 31.7. The summed E-state index contributed by atoms with van der Waals surface area (Å²) in [6.07, 6.45) is 6.89. The van der Waals surface area contributed by atoms with Crippen molar-refractivity contribution in [1.82, 2.24) is 4.31 Å². The maximum Gasteiger partial charge on any atom is 0.414 e. The van der Waals surface area contributed by atoms with E-state index in [2.05, 4.69) is 25.1 Å². The average Bonchev–Trinajstić information content (AvgIpc) is 2.80. The first kappa shape index (κ1) is 27.2. The summed E-state index contributed by atoms with van der Waals surface area (Å²) in [5.74, 6) is 0. The first-order valence-corrected chi connectivity index (χ1v) is 12.6. The quantitative estimate of drug-likeness (QED) is 0.424. The predicted octanol–water partition coefficient (Wildman–Crippen LogP) is 5.61. The van der Waals surface area contributed by atoms with Crippen molar-refractivity contribution in [2.75, 3.05) is 24.4 Å². The number of nitrogens with zero attached hydrogens (tertiary/aromatic N) is 2. The molecule has 0 saturated carbocycles. The van der Waals surface area contributed by atoms with E-state index in [-0.39, 0.29) is 12.1 Å². The number of benzene rings is 1. The molecule has 0 radical (unpaired) electrons. The fourth-order valence-electron chi connectivity index (χ4n) is 3.41. The Bertz CT molecular complexity index is 876. The Morgan fingerprint density at radius 1 is 1.29 bits per heavy atom. The van der Waals surface area contributed by atoms with Crippen LogP contribution in [0.3, 0.4) is 0 Å². The number of cyclic esters (lactones) is 1. The van der Waals surface area contributed by atoms with E-state index in [1.165, 1.54) is 10.7 Å². The molecule has 0 aromatic heterocycles. The Hall–Kier alpha value is -1.83. The molecule has 2 aliphatic heterocycles. The van der Waals surface area contributed by atoms with Gasteiger partial charge in [-0.15, -0.1) is 18.2 Å². The molecule has 0 atom stereocenters. The molecule has 6 nitrogen and oxygen atoms in total. The third kappa shape index (κ3) is 6.82. The molecule has 31 heavy (non-hydrogen) atoms.